The molecule has 3 rings (SSSR count). The molecule has 0 aliphatic heterocycles. The molecule has 27 heavy (non-hydrogen) atoms. The molecule has 2 aromatic heterocycles. The first-order chi connectivity index (χ1) is 13.1. The van der Waals surface area contributed by atoms with E-state index in [1.807, 2.05) is 0 Å². The Morgan fingerprint density at radius 3 is 2.78 bits per heavy atom. The molecule has 0 bridgehead atoms. The lowest BCUT2D eigenvalue weighted by atomic mass is 10.2. The summed E-state index contributed by atoms with van der Waals surface area (Å²) in [5.74, 6) is 0.672. The fourth-order valence-electron chi connectivity index (χ4n) is 2.48. The van der Waals surface area contributed by atoms with E-state index in [4.69, 9.17) is 14.2 Å². The van der Waals surface area contributed by atoms with Gasteiger partial charge in [-0.15, -0.1) is 0 Å². The minimum atomic E-state index is -0.553. The number of carbonyl (C=O) groups is 1. The van der Waals surface area contributed by atoms with E-state index in [0.717, 1.165) is 0 Å². The first kappa shape index (κ1) is 18.2. The Kier molecular flexibility index (Phi) is 5.51. The molecule has 0 spiro atoms. The van der Waals surface area contributed by atoms with E-state index in [0.29, 0.717) is 28.4 Å². The van der Waals surface area contributed by atoms with Crippen molar-refractivity contribution in [2.75, 3.05) is 14.2 Å². The van der Waals surface area contributed by atoms with Crippen LogP contribution in [0.5, 0.6) is 11.5 Å². The van der Waals surface area contributed by atoms with Gasteiger partial charge in [-0.25, -0.2) is 9.78 Å². The normalized spacial score (nSPS) is 10.9. The second kappa shape index (κ2) is 8.18. The standard InChI is InChI=1S/C20H18N2O5/c1-25-16-8-6-14(17(12-16)26-2)7-9-20(24)27-13-15-11-19(23)22-10-4-3-5-18(22)21-15/h3-12H,13H2,1-2H3/b9-7+. The lowest BCUT2D eigenvalue weighted by Gasteiger charge is -2.07. The number of aromatic nitrogens is 2. The fourth-order valence-corrected chi connectivity index (χ4v) is 2.48. The molecular weight excluding hydrogens is 348 g/mol. The van der Waals surface area contributed by atoms with Crippen molar-refractivity contribution in [2.45, 2.75) is 6.61 Å². The number of carbonyl (C=O) groups excluding carboxylic acids is 1. The largest absolute Gasteiger partial charge is 0.497 e. The predicted molar refractivity (Wildman–Crippen MR) is 99.8 cm³/mol. The number of fused-ring (bicyclic) bond motifs is 1. The Hall–Kier alpha value is -3.61. The summed E-state index contributed by atoms with van der Waals surface area (Å²) >= 11 is 0. The first-order valence-electron chi connectivity index (χ1n) is 8.15. The SMILES string of the molecule is COc1ccc(/C=C/C(=O)OCc2cc(=O)n3ccccc3n2)c(OC)c1. The van der Waals surface area contributed by atoms with Crippen LogP contribution in [0.15, 0.2) is 59.5 Å². The summed E-state index contributed by atoms with van der Waals surface area (Å²) in [7, 11) is 3.10. The highest BCUT2D eigenvalue weighted by Crippen LogP contribution is 2.25. The summed E-state index contributed by atoms with van der Waals surface area (Å²) in [6.07, 6.45) is 4.51. The van der Waals surface area contributed by atoms with Gasteiger partial charge < -0.3 is 14.2 Å². The number of hydrogen-bond donors (Lipinski definition) is 0. The molecule has 0 saturated heterocycles. The number of ether oxygens (including phenoxy) is 3. The topological polar surface area (TPSA) is 79.1 Å². The highest BCUT2D eigenvalue weighted by atomic mass is 16.5. The van der Waals surface area contributed by atoms with Crippen LogP contribution in [0.25, 0.3) is 11.7 Å². The summed E-state index contributed by atoms with van der Waals surface area (Å²) in [5, 5.41) is 0. The van der Waals surface area contributed by atoms with Crippen LogP contribution in [0.2, 0.25) is 0 Å². The zero-order chi connectivity index (χ0) is 19.2. The first-order valence-corrected chi connectivity index (χ1v) is 8.15. The van der Waals surface area contributed by atoms with Crippen molar-refractivity contribution in [3.8, 4) is 11.5 Å². The highest BCUT2D eigenvalue weighted by Gasteiger charge is 2.06. The molecule has 0 atom stereocenters. The van der Waals surface area contributed by atoms with Crippen LogP contribution in [0.3, 0.4) is 0 Å². The second-order valence-corrected chi connectivity index (χ2v) is 5.56. The van der Waals surface area contributed by atoms with Gasteiger partial charge in [0.25, 0.3) is 5.56 Å². The van der Waals surface area contributed by atoms with Gasteiger partial charge in [-0.2, -0.15) is 0 Å². The zero-order valence-corrected chi connectivity index (χ0v) is 14.9. The molecule has 2 heterocycles. The Morgan fingerprint density at radius 1 is 1.15 bits per heavy atom. The average molecular weight is 366 g/mol. The number of pyridine rings is 1. The van der Waals surface area contributed by atoms with Crippen LogP contribution in [0.4, 0.5) is 0 Å². The third kappa shape index (κ3) is 4.33. The Labute approximate surface area is 155 Å². The van der Waals surface area contributed by atoms with Gasteiger partial charge in [0.2, 0.25) is 0 Å². The van der Waals surface area contributed by atoms with Gasteiger partial charge in [0.05, 0.1) is 19.9 Å². The molecule has 0 unspecified atom stereocenters. The average Bonchev–Trinajstić information content (AvgIpc) is 2.70. The summed E-state index contributed by atoms with van der Waals surface area (Å²) in [4.78, 5) is 28.3. The van der Waals surface area contributed by atoms with Gasteiger partial charge >= 0.3 is 5.97 Å². The molecule has 0 amide bonds. The van der Waals surface area contributed by atoms with Crippen molar-refractivity contribution < 1.29 is 19.0 Å². The Morgan fingerprint density at radius 2 is 2.00 bits per heavy atom. The molecule has 0 radical (unpaired) electrons. The molecular formula is C20H18N2O5. The molecule has 3 aromatic rings. The summed E-state index contributed by atoms with van der Waals surface area (Å²) in [5.41, 5.74) is 1.35. The molecule has 0 saturated carbocycles. The van der Waals surface area contributed by atoms with Gasteiger partial charge in [-0.05, 0) is 30.3 Å². The van der Waals surface area contributed by atoms with Crippen molar-refractivity contribution in [3.05, 3.63) is 76.3 Å². The van der Waals surface area contributed by atoms with E-state index in [1.165, 1.54) is 23.7 Å². The lowest BCUT2D eigenvalue weighted by Crippen LogP contribution is -2.16. The molecule has 138 valence electrons. The zero-order valence-electron chi connectivity index (χ0n) is 14.9. The van der Waals surface area contributed by atoms with E-state index in [-0.39, 0.29) is 12.2 Å². The van der Waals surface area contributed by atoms with E-state index < -0.39 is 5.97 Å². The number of benzene rings is 1. The van der Waals surface area contributed by atoms with Gasteiger partial charge in [0.15, 0.2) is 0 Å². The lowest BCUT2D eigenvalue weighted by molar-refractivity contribution is -0.139. The van der Waals surface area contributed by atoms with Crippen molar-refractivity contribution in [2.24, 2.45) is 0 Å². The Bertz CT molecular complexity index is 1060. The van der Waals surface area contributed by atoms with E-state index in [9.17, 15) is 9.59 Å². The monoisotopic (exact) mass is 366 g/mol. The quantitative estimate of drug-likeness (QED) is 0.493. The van der Waals surface area contributed by atoms with Crippen molar-refractivity contribution >= 4 is 17.7 Å². The van der Waals surface area contributed by atoms with Gasteiger partial charge in [-0.3, -0.25) is 9.20 Å². The molecule has 7 nitrogen and oxygen atoms in total. The number of hydrogen-bond acceptors (Lipinski definition) is 6. The third-order valence-corrected chi connectivity index (χ3v) is 3.83. The van der Waals surface area contributed by atoms with Gasteiger partial charge in [0, 0.05) is 30.0 Å². The minimum Gasteiger partial charge on any atom is -0.497 e. The maximum atomic E-state index is 12.0. The number of rotatable bonds is 6. The molecule has 0 aliphatic rings. The van der Waals surface area contributed by atoms with Gasteiger partial charge in [0.1, 0.15) is 23.8 Å². The summed E-state index contributed by atoms with van der Waals surface area (Å²) < 4.78 is 17.0. The van der Waals surface area contributed by atoms with Crippen LogP contribution in [-0.2, 0) is 16.1 Å². The van der Waals surface area contributed by atoms with E-state index in [2.05, 4.69) is 4.98 Å². The predicted octanol–water partition coefficient (Wildman–Crippen LogP) is 2.47. The molecule has 7 heteroatoms. The third-order valence-electron chi connectivity index (χ3n) is 3.83. The molecule has 1 aromatic carbocycles. The number of methoxy groups -OCH3 is 2. The maximum absolute atomic E-state index is 12.0. The van der Waals surface area contributed by atoms with Crippen LogP contribution in [0.1, 0.15) is 11.3 Å². The summed E-state index contributed by atoms with van der Waals surface area (Å²) in [6, 6.07) is 11.8. The summed E-state index contributed by atoms with van der Waals surface area (Å²) in [6.45, 7) is -0.0937. The molecule has 0 aliphatic carbocycles. The van der Waals surface area contributed by atoms with Crippen molar-refractivity contribution in [1.29, 1.82) is 0 Å². The highest BCUT2D eigenvalue weighted by molar-refractivity contribution is 5.87. The smallest absolute Gasteiger partial charge is 0.331 e. The van der Waals surface area contributed by atoms with Crippen molar-refractivity contribution in [1.82, 2.24) is 9.38 Å². The van der Waals surface area contributed by atoms with Crippen LogP contribution in [0, 0.1) is 0 Å². The fraction of sp³-hybridized carbons (Fsp3) is 0.150. The Balaban J connectivity index is 1.68. The molecule has 0 N–H and O–H groups in total. The van der Waals surface area contributed by atoms with Gasteiger partial charge in [-0.1, -0.05) is 6.07 Å². The van der Waals surface area contributed by atoms with Crippen molar-refractivity contribution in [3.63, 3.8) is 0 Å². The maximum Gasteiger partial charge on any atom is 0.331 e. The van der Waals surface area contributed by atoms with Crippen LogP contribution >= 0.6 is 0 Å². The van der Waals surface area contributed by atoms with Crippen LogP contribution < -0.4 is 15.0 Å². The number of nitrogens with zero attached hydrogens (tertiary/aromatic N) is 2. The number of esters is 1. The molecule has 0 fully saturated rings. The van der Waals surface area contributed by atoms with Crippen LogP contribution in [-0.4, -0.2) is 29.6 Å². The minimum absolute atomic E-state index is 0.0937. The second-order valence-electron chi connectivity index (χ2n) is 5.56. The van der Waals surface area contributed by atoms with E-state index in [1.54, 1.807) is 55.8 Å². The van der Waals surface area contributed by atoms with E-state index >= 15 is 0 Å².